The van der Waals surface area contributed by atoms with Gasteiger partial charge in [-0.15, -0.1) is 0 Å². The second-order valence-electron chi connectivity index (χ2n) is 3.68. The molecule has 0 saturated heterocycles. The summed E-state index contributed by atoms with van der Waals surface area (Å²) in [6.07, 6.45) is -4.47. The standard InChI is InChI=1S/C11H13F4NO/c12-10-2-1-7(8(6-16)3-4-17)5-9(10)11(13,14)15/h1-2,5,8,17H,3-4,6,16H2. The minimum atomic E-state index is -4.72. The lowest BCUT2D eigenvalue weighted by atomic mass is 9.94. The summed E-state index contributed by atoms with van der Waals surface area (Å²) in [5.74, 6) is -1.71. The molecular weight excluding hydrogens is 238 g/mol. The molecule has 96 valence electrons. The lowest BCUT2D eigenvalue weighted by Gasteiger charge is -2.16. The molecule has 0 saturated carbocycles. The molecule has 1 rings (SSSR count). The summed E-state index contributed by atoms with van der Waals surface area (Å²) in [5.41, 5.74) is 4.39. The van der Waals surface area contributed by atoms with Crippen molar-refractivity contribution < 1.29 is 22.7 Å². The van der Waals surface area contributed by atoms with Crippen LogP contribution in [0.3, 0.4) is 0 Å². The second-order valence-corrected chi connectivity index (χ2v) is 3.68. The predicted molar refractivity (Wildman–Crippen MR) is 54.9 cm³/mol. The molecule has 0 aliphatic carbocycles. The van der Waals surface area contributed by atoms with Crippen LogP contribution in [0.5, 0.6) is 0 Å². The van der Waals surface area contributed by atoms with Gasteiger partial charge in [0.25, 0.3) is 0 Å². The molecule has 0 aliphatic rings. The Bertz CT molecular complexity index is 378. The highest BCUT2D eigenvalue weighted by Gasteiger charge is 2.34. The van der Waals surface area contributed by atoms with E-state index >= 15 is 0 Å². The predicted octanol–water partition coefficient (Wildman–Crippen LogP) is 2.27. The molecule has 1 aromatic carbocycles. The first-order valence-electron chi connectivity index (χ1n) is 5.07. The number of hydrogen-bond acceptors (Lipinski definition) is 2. The van der Waals surface area contributed by atoms with Gasteiger partial charge in [-0.05, 0) is 36.6 Å². The highest BCUT2D eigenvalue weighted by atomic mass is 19.4. The molecule has 2 nitrogen and oxygen atoms in total. The molecule has 0 bridgehead atoms. The third-order valence-electron chi connectivity index (χ3n) is 2.53. The summed E-state index contributed by atoms with van der Waals surface area (Å²) in [6.45, 7) is -0.0793. The van der Waals surface area contributed by atoms with Gasteiger partial charge in [0, 0.05) is 6.61 Å². The molecule has 1 unspecified atom stereocenters. The van der Waals surface area contributed by atoms with Gasteiger partial charge in [-0.25, -0.2) is 4.39 Å². The number of rotatable bonds is 4. The molecule has 0 amide bonds. The summed E-state index contributed by atoms with van der Waals surface area (Å²) in [5, 5.41) is 8.76. The number of hydrogen-bond donors (Lipinski definition) is 2. The first-order valence-corrected chi connectivity index (χ1v) is 5.07. The van der Waals surface area contributed by atoms with Gasteiger partial charge in [-0.1, -0.05) is 6.07 Å². The van der Waals surface area contributed by atoms with Crippen molar-refractivity contribution in [3.05, 3.63) is 35.1 Å². The Morgan fingerprint density at radius 3 is 2.41 bits per heavy atom. The van der Waals surface area contributed by atoms with Gasteiger partial charge in [-0.2, -0.15) is 13.2 Å². The van der Waals surface area contributed by atoms with Gasteiger partial charge < -0.3 is 10.8 Å². The van der Waals surface area contributed by atoms with Gasteiger partial charge in [0.2, 0.25) is 0 Å². The van der Waals surface area contributed by atoms with Crippen LogP contribution < -0.4 is 5.73 Å². The smallest absolute Gasteiger partial charge is 0.396 e. The largest absolute Gasteiger partial charge is 0.419 e. The van der Waals surface area contributed by atoms with Crippen LogP contribution in [0, 0.1) is 5.82 Å². The van der Waals surface area contributed by atoms with Crippen LogP contribution in [-0.4, -0.2) is 18.3 Å². The quantitative estimate of drug-likeness (QED) is 0.806. The van der Waals surface area contributed by atoms with Gasteiger partial charge in [-0.3, -0.25) is 0 Å². The molecule has 0 fully saturated rings. The van der Waals surface area contributed by atoms with E-state index < -0.39 is 23.5 Å². The zero-order chi connectivity index (χ0) is 13.1. The molecule has 0 aromatic heterocycles. The Morgan fingerprint density at radius 1 is 1.29 bits per heavy atom. The average molecular weight is 251 g/mol. The van der Waals surface area contributed by atoms with Crippen LogP contribution in [0.25, 0.3) is 0 Å². The van der Waals surface area contributed by atoms with Gasteiger partial charge in [0.15, 0.2) is 0 Å². The van der Waals surface area contributed by atoms with Crippen LogP contribution >= 0.6 is 0 Å². The van der Waals surface area contributed by atoms with E-state index in [4.69, 9.17) is 10.8 Å². The topological polar surface area (TPSA) is 46.2 Å². The van der Waals surface area contributed by atoms with Crippen LogP contribution in [0.2, 0.25) is 0 Å². The molecule has 1 aromatic rings. The Hall–Kier alpha value is -1.14. The maximum atomic E-state index is 13.0. The molecule has 0 aliphatic heterocycles. The van der Waals surface area contributed by atoms with Crippen molar-refractivity contribution >= 4 is 0 Å². The normalized spacial score (nSPS) is 13.8. The number of aliphatic hydroxyl groups excluding tert-OH is 1. The van der Waals surface area contributed by atoms with E-state index in [-0.39, 0.29) is 25.1 Å². The summed E-state index contributed by atoms with van der Waals surface area (Å²) >= 11 is 0. The molecular formula is C11H13F4NO. The van der Waals surface area contributed by atoms with Crippen LogP contribution in [0.4, 0.5) is 17.6 Å². The molecule has 0 radical (unpaired) electrons. The summed E-state index contributed by atoms with van der Waals surface area (Å²) in [7, 11) is 0. The minimum absolute atomic E-state index is 0.101. The van der Waals surface area contributed by atoms with Crippen molar-refractivity contribution in [3.63, 3.8) is 0 Å². The SMILES string of the molecule is NCC(CCO)c1ccc(F)c(C(F)(F)F)c1. The summed E-state index contributed by atoms with van der Waals surface area (Å²) in [6, 6.07) is 2.79. The molecule has 6 heteroatoms. The number of benzene rings is 1. The lowest BCUT2D eigenvalue weighted by molar-refractivity contribution is -0.140. The Kier molecular flexibility index (Phi) is 4.47. The Morgan fingerprint density at radius 2 is 1.94 bits per heavy atom. The second kappa shape index (κ2) is 5.46. The average Bonchev–Trinajstić information content (AvgIpc) is 2.25. The zero-order valence-corrected chi connectivity index (χ0v) is 8.97. The molecule has 3 N–H and O–H groups in total. The first-order chi connectivity index (χ1) is 7.90. The Balaban J connectivity index is 3.11. The van der Waals surface area contributed by atoms with Crippen molar-refractivity contribution in [2.75, 3.05) is 13.2 Å². The maximum absolute atomic E-state index is 13.0. The van der Waals surface area contributed by atoms with Crippen molar-refractivity contribution in [2.24, 2.45) is 5.73 Å². The van der Waals surface area contributed by atoms with Gasteiger partial charge >= 0.3 is 6.18 Å². The van der Waals surface area contributed by atoms with Crippen LogP contribution in [0.15, 0.2) is 18.2 Å². The van der Waals surface area contributed by atoms with E-state index in [9.17, 15) is 17.6 Å². The number of aliphatic hydroxyl groups is 1. The first kappa shape index (κ1) is 13.9. The number of halogens is 4. The van der Waals surface area contributed by atoms with Crippen LogP contribution in [-0.2, 0) is 6.18 Å². The number of nitrogens with two attached hydrogens (primary N) is 1. The molecule has 0 heterocycles. The fourth-order valence-electron chi connectivity index (χ4n) is 1.59. The Labute approximate surface area is 96.1 Å². The fourth-order valence-corrected chi connectivity index (χ4v) is 1.59. The lowest BCUT2D eigenvalue weighted by Crippen LogP contribution is -2.16. The van der Waals surface area contributed by atoms with Crippen molar-refractivity contribution in [2.45, 2.75) is 18.5 Å². The maximum Gasteiger partial charge on any atom is 0.419 e. The fraction of sp³-hybridized carbons (Fsp3) is 0.455. The van der Waals surface area contributed by atoms with E-state index in [1.165, 1.54) is 6.07 Å². The third-order valence-corrected chi connectivity index (χ3v) is 2.53. The van der Waals surface area contributed by atoms with E-state index in [0.29, 0.717) is 0 Å². The van der Waals surface area contributed by atoms with E-state index in [2.05, 4.69) is 0 Å². The molecule has 17 heavy (non-hydrogen) atoms. The number of alkyl halides is 3. The molecule has 1 atom stereocenters. The van der Waals surface area contributed by atoms with Gasteiger partial charge in [0.05, 0.1) is 5.56 Å². The van der Waals surface area contributed by atoms with E-state index in [1.807, 2.05) is 0 Å². The molecule has 0 spiro atoms. The summed E-state index contributed by atoms with van der Waals surface area (Å²) < 4.78 is 50.4. The monoisotopic (exact) mass is 251 g/mol. The van der Waals surface area contributed by atoms with Crippen LogP contribution in [0.1, 0.15) is 23.5 Å². The van der Waals surface area contributed by atoms with Crippen molar-refractivity contribution in [3.8, 4) is 0 Å². The van der Waals surface area contributed by atoms with Crippen molar-refractivity contribution in [1.29, 1.82) is 0 Å². The highest BCUT2D eigenvalue weighted by molar-refractivity contribution is 5.30. The van der Waals surface area contributed by atoms with Crippen molar-refractivity contribution in [1.82, 2.24) is 0 Å². The summed E-state index contributed by atoms with van der Waals surface area (Å²) in [4.78, 5) is 0. The minimum Gasteiger partial charge on any atom is -0.396 e. The highest BCUT2D eigenvalue weighted by Crippen LogP contribution is 2.33. The van der Waals surface area contributed by atoms with E-state index in [0.717, 1.165) is 12.1 Å². The van der Waals surface area contributed by atoms with E-state index in [1.54, 1.807) is 0 Å². The third kappa shape index (κ3) is 3.41. The van der Waals surface area contributed by atoms with Gasteiger partial charge in [0.1, 0.15) is 5.82 Å². The zero-order valence-electron chi connectivity index (χ0n) is 8.97.